The van der Waals surface area contributed by atoms with Crippen LogP contribution in [0.15, 0.2) is 29.2 Å². The van der Waals surface area contributed by atoms with E-state index in [-0.39, 0.29) is 16.8 Å². The minimum atomic E-state index is -0.417. The zero-order valence-electron chi connectivity index (χ0n) is 12.4. The molecule has 2 aliphatic rings. The van der Waals surface area contributed by atoms with E-state index in [1.165, 1.54) is 23.9 Å². The van der Waals surface area contributed by atoms with E-state index < -0.39 is 4.92 Å². The van der Waals surface area contributed by atoms with E-state index in [0.717, 1.165) is 31.1 Å². The van der Waals surface area contributed by atoms with E-state index >= 15 is 0 Å². The minimum Gasteiger partial charge on any atom is -0.341 e. The van der Waals surface area contributed by atoms with Gasteiger partial charge in [-0.2, -0.15) is 0 Å². The Bertz CT molecular complexity index is 566. The Balaban J connectivity index is 1.58. The first-order valence-corrected chi connectivity index (χ1v) is 8.33. The lowest BCUT2D eigenvalue weighted by Gasteiger charge is -2.21. The fraction of sp³-hybridized carbons (Fsp3) is 0.533. The molecule has 0 spiro atoms. The molecular weight excluding hydrogens is 302 g/mol. The summed E-state index contributed by atoms with van der Waals surface area (Å²) in [6, 6.07) is 6.36. The molecular formula is C15H19N3O3S. The Morgan fingerprint density at radius 3 is 2.45 bits per heavy atom. The number of nitro groups is 1. The fourth-order valence-electron chi connectivity index (χ4n) is 3.19. The summed E-state index contributed by atoms with van der Waals surface area (Å²) in [5, 5.41) is 13.8. The van der Waals surface area contributed by atoms with Crippen molar-refractivity contribution in [1.82, 2.24) is 10.2 Å². The van der Waals surface area contributed by atoms with Crippen molar-refractivity contribution in [1.29, 1.82) is 0 Å². The normalized spacial score (nSPS) is 25.0. The van der Waals surface area contributed by atoms with Gasteiger partial charge in [0.25, 0.3) is 5.69 Å². The summed E-state index contributed by atoms with van der Waals surface area (Å²) >= 11 is 1.46. The van der Waals surface area contributed by atoms with Gasteiger partial charge in [0.2, 0.25) is 5.91 Å². The van der Waals surface area contributed by atoms with E-state index in [2.05, 4.69) is 5.32 Å². The summed E-state index contributed by atoms with van der Waals surface area (Å²) < 4.78 is 0. The summed E-state index contributed by atoms with van der Waals surface area (Å²) in [4.78, 5) is 25.6. The molecule has 2 heterocycles. The maximum atomic E-state index is 12.5. The van der Waals surface area contributed by atoms with Crippen molar-refractivity contribution in [3.63, 3.8) is 0 Å². The topological polar surface area (TPSA) is 75.5 Å². The Morgan fingerprint density at radius 1 is 1.32 bits per heavy atom. The van der Waals surface area contributed by atoms with Crippen molar-refractivity contribution in [3.05, 3.63) is 34.4 Å². The van der Waals surface area contributed by atoms with Gasteiger partial charge in [-0.15, -0.1) is 11.8 Å². The second-order valence-corrected chi connectivity index (χ2v) is 7.35. The summed E-state index contributed by atoms with van der Waals surface area (Å²) in [7, 11) is 0. The van der Waals surface area contributed by atoms with Gasteiger partial charge in [-0.05, 0) is 30.9 Å². The molecule has 2 fully saturated rings. The molecule has 1 unspecified atom stereocenters. The van der Waals surface area contributed by atoms with Gasteiger partial charge >= 0.3 is 0 Å². The number of fused-ring (bicyclic) bond motifs is 1. The van der Waals surface area contributed by atoms with Crippen molar-refractivity contribution in [2.45, 2.75) is 17.1 Å². The van der Waals surface area contributed by atoms with Gasteiger partial charge in [0, 0.05) is 43.2 Å². The number of benzene rings is 1. The molecule has 1 amide bonds. The van der Waals surface area contributed by atoms with Crippen LogP contribution >= 0.6 is 11.8 Å². The number of thioether (sulfide) groups is 1. The highest BCUT2D eigenvalue weighted by molar-refractivity contribution is 8.00. The SMILES string of the molecule is CC(Sc1ccc([N+](=O)[O-])cc1)C(=O)N1C[C@H]2CNC[C@H]2C1. The summed E-state index contributed by atoms with van der Waals surface area (Å²) in [6.45, 7) is 5.63. The number of hydrogen-bond donors (Lipinski definition) is 1. The van der Waals surface area contributed by atoms with Crippen molar-refractivity contribution >= 4 is 23.4 Å². The Labute approximate surface area is 133 Å². The summed E-state index contributed by atoms with van der Waals surface area (Å²) in [6.07, 6.45) is 0. The zero-order chi connectivity index (χ0) is 15.7. The molecule has 0 radical (unpaired) electrons. The third kappa shape index (κ3) is 3.10. The van der Waals surface area contributed by atoms with Gasteiger partial charge in [-0.25, -0.2) is 0 Å². The second-order valence-electron chi connectivity index (χ2n) is 5.93. The predicted molar refractivity (Wildman–Crippen MR) is 84.8 cm³/mol. The first-order valence-electron chi connectivity index (χ1n) is 7.45. The molecule has 0 aromatic heterocycles. The van der Waals surface area contributed by atoms with E-state index in [1.54, 1.807) is 12.1 Å². The molecule has 6 nitrogen and oxygen atoms in total. The minimum absolute atomic E-state index is 0.0724. The number of likely N-dealkylation sites (tertiary alicyclic amines) is 1. The lowest BCUT2D eigenvalue weighted by Crippen LogP contribution is -2.36. The monoisotopic (exact) mass is 321 g/mol. The van der Waals surface area contributed by atoms with Crippen molar-refractivity contribution in [2.24, 2.45) is 11.8 Å². The summed E-state index contributed by atoms with van der Waals surface area (Å²) in [5.74, 6) is 1.36. The molecule has 1 N–H and O–H groups in total. The van der Waals surface area contributed by atoms with Gasteiger partial charge in [-0.3, -0.25) is 14.9 Å². The molecule has 3 atom stereocenters. The third-order valence-corrected chi connectivity index (χ3v) is 5.51. The van der Waals surface area contributed by atoms with Gasteiger partial charge < -0.3 is 10.2 Å². The number of nitrogens with one attached hydrogen (secondary N) is 1. The van der Waals surface area contributed by atoms with Crippen LogP contribution in [0.4, 0.5) is 5.69 Å². The van der Waals surface area contributed by atoms with Crippen LogP contribution in [-0.2, 0) is 4.79 Å². The van der Waals surface area contributed by atoms with Crippen LogP contribution in [0.3, 0.4) is 0 Å². The van der Waals surface area contributed by atoms with Crippen LogP contribution in [-0.4, -0.2) is 47.2 Å². The van der Waals surface area contributed by atoms with Gasteiger partial charge in [0.1, 0.15) is 0 Å². The Hall–Kier alpha value is -1.60. The molecule has 22 heavy (non-hydrogen) atoms. The Morgan fingerprint density at radius 2 is 1.91 bits per heavy atom. The quantitative estimate of drug-likeness (QED) is 0.519. The fourth-order valence-corrected chi connectivity index (χ4v) is 4.14. The molecule has 7 heteroatoms. The molecule has 2 aliphatic heterocycles. The molecule has 0 bridgehead atoms. The number of nitrogens with zero attached hydrogens (tertiary/aromatic N) is 2. The molecule has 118 valence electrons. The van der Waals surface area contributed by atoms with Crippen LogP contribution in [0, 0.1) is 22.0 Å². The van der Waals surface area contributed by atoms with Crippen LogP contribution in [0.1, 0.15) is 6.92 Å². The molecule has 0 saturated carbocycles. The number of hydrogen-bond acceptors (Lipinski definition) is 5. The average molecular weight is 321 g/mol. The van der Waals surface area contributed by atoms with Crippen LogP contribution in [0.25, 0.3) is 0 Å². The molecule has 3 rings (SSSR count). The number of nitro benzene ring substituents is 1. The number of carbonyl (C=O) groups excluding carboxylic acids is 1. The van der Waals surface area contributed by atoms with E-state index in [1.807, 2.05) is 11.8 Å². The lowest BCUT2D eigenvalue weighted by atomic mass is 10.0. The molecule has 1 aromatic rings. The van der Waals surface area contributed by atoms with E-state index in [0.29, 0.717) is 11.8 Å². The maximum Gasteiger partial charge on any atom is 0.269 e. The molecule has 1 aromatic carbocycles. The third-order valence-electron chi connectivity index (χ3n) is 4.41. The first kappa shape index (κ1) is 15.3. The van der Waals surface area contributed by atoms with Crippen LogP contribution in [0.5, 0.6) is 0 Å². The smallest absolute Gasteiger partial charge is 0.269 e. The van der Waals surface area contributed by atoms with E-state index in [9.17, 15) is 14.9 Å². The second kappa shape index (κ2) is 6.26. The number of rotatable bonds is 4. The Kier molecular flexibility index (Phi) is 4.35. The highest BCUT2D eigenvalue weighted by Crippen LogP contribution is 2.30. The van der Waals surface area contributed by atoms with Gasteiger partial charge in [0.15, 0.2) is 0 Å². The molecule has 2 saturated heterocycles. The number of carbonyl (C=O) groups is 1. The van der Waals surface area contributed by atoms with Crippen molar-refractivity contribution < 1.29 is 9.72 Å². The molecule has 0 aliphatic carbocycles. The van der Waals surface area contributed by atoms with Crippen LogP contribution in [0.2, 0.25) is 0 Å². The number of amides is 1. The highest BCUT2D eigenvalue weighted by Gasteiger charge is 2.39. The maximum absolute atomic E-state index is 12.5. The zero-order valence-corrected chi connectivity index (χ0v) is 13.2. The first-order chi connectivity index (χ1) is 10.5. The summed E-state index contributed by atoms with van der Waals surface area (Å²) in [5.41, 5.74) is 0.0724. The van der Waals surface area contributed by atoms with Crippen molar-refractivity contribution in [2.75, 3.05) is 26.2 Å². The highest BCUT2D eigenvalue weighted by atomic mass is 32.2. The standard InChI is InChI=1S/C15H19N3O3S/c1-10(22-14-4-2-13(3-5-14)18(20)21)15(19)17-8-11-6-16-7-12(11)9-17/h2-5,10-12,16H,6-9H2,1H3/t10?,11-,12+. The van der Waals surface area contributed by atoms with E-state index in [4.69, 9.17) is 0 Å². The van der Waals surface area contributed by atoms with Gasteiger partial charge in [0.05, 0.1) is 10.2 Å². The largest absolute Gasteiger partial charge is 0.341 e. The number of non-ortho nitro benzene ring substituents is 1. The van der Waals surface area contributed by atoms with Crippen molar-refractivity contribution in [3.8, 4) is 0 Å². The average Bonchev–Trinajstić information content (AvgIpc) is 3.08. The van der Waals surface area contributed by atoms with Gasteiger partial charge in [-0.1, -0.05) is 0 Å². The van der Waals surface area contributed by atoms with Crippen LogP contribution < -0.4 is 5.32 Å². The lowest BCUT2D eigenvalue weighted by molar-refractivity contribution is -0.384. The predicted octanol–water partition coefficient (Wildman–Crippen LogP) is 1.75.